The van der Waals surface area contributed by atoms with Crippen LogP contribution in [0.3, 0.4) is 0 Å². The smallest absolute Gasteiger partial charge is 0.249 e. The summed E-state index contributed by atoms with van der Waals surface area (Å²) in [5.41, 5.74) is 0.585. The Kier molecular flexibility index (Phi) is 11.5. The van der Waals surface area contributed by atoms with Gasteiger partial charge >= 0.3 is 0 Å². The van der Waals surface area contributed by atoms with E-state index in [-0.39, 0.29) is 17.7 Å². The first-order valence-corrected chi connectivity index (χ1v) is 13.5. The second-order valence-corrected chi connectivity index (χ2v) is 11.2. The standard InChI is InChI=1S/C27H40N4O4S/c1-6-11-22(31(35)18-32)21(17-19(7-2)16-20-12-9-8-10-13-20)24(33)29-23(27(3,4)5)25(34)30-26-28-14-15-36-26/h8-10,12-15,18-19,21-23,35H,6-7,11,16-17H2,1-5H3,(H,29,33)(H,28,30,34)/t19?,21-,22+,23-/m1/s1. The molecule has 0 aliphatic heterocycles. The minimum atomic E-state index is -0.837. The number of hydrogen-bond donors (Lipinski definition) is 3. The highest BCUT2D eigenvalue weighted by Crippen LogP contribution is 2.29. The zero-order valence-electron chi connectivity index (χ0n) is 21.9. The molecule has 0 aliphatic rings. The van der Waals surface area contributed by atoms with Crippen LogP contribution < -0.4 is 10.6 Å². The molecule has 36 heavy (non-hydrogen) atoms. The van der Waals surface area contributed by atoms with E-state index in [1.807, 2.05) is 45.9 Å². The second kappa shape index (κ2) is 14.1. The summed E-state index contributed by atoms with van der Waals surface area (Å²) in [4.78, 5) is 42.6. The molecule has 2 rings (SSSR count). The second-order valence-electron chi connectivity index (χ2n) is 10.3. The van der Waals surface area contributed by atoms with Crippen LogP contribution in [0, 0.1) is 17.3 Å². The van der Waals surface area contributed by atoms with Crippen molar-refractivity contribution in [2.45, 2.75) is 78.8 Å². The molecular formula is C27H40N4O4S. The minimum absolute atomic E-state index is 0.153. The summed E-state index contributed by atoms with van der Waals surface area (Å²) in [6.45, 7) is 9.67. The fourth-order valence-electron chi connectivity index (χ4n) is 4.42. The summed E-state index contributed by atoms with van der Waals surface area (Å²) in [5, 5.41) is 19.0. The highest BCUT2D eigenvalue weighted by atomic mass is 32.1. The van der Waals surface area contributed by atoms with E-state index in [0.717, 1.165) is 12.8 Å². The van der Waals surface area contributed by atoms with Crippen LogP contribution in [0.4, 0.5) is 5.13 Å². The summed E-state index contributed by atoms with van der Waals surface area (Å²) >= 11 is 1.30. The highest BCUT2D eigenvalue weighted by molar-refractivity contribution is 7.13. The molecule has 9 heteroatoms. The third-order valence-corrected chi connectivity index (χ3v) is 7.13. The summed E-state index contributed by atoms with van der Waals surface area (Å²) in [5.74, 6) is -1.25. The lowest BCUT2D eigenvalue weighted by molar-refractivity contribution is -0.170. The average molecular weight is 517 g/mol. The van der Waals surface area contributed by atoms with Crippen molar-refractivity contribution in [2.24, 2.45) is 17.3 Å². The van der Waals surface area contributed by atoms with Gasteiger partial charge in [0.2, 0.25) is 18.2 Å². The van der Waals surface area contributed by atoms with Crippen molar-refractivity contribution >= 4 is 34.7 Å². The van der Waals surface area contributed by atoms with E-state index in [1.54, 1.807) is 11.6 Å². The van der Waals surface area contributed by atoms with Crippen molar-refractivity contribution in [1.29, 1.82) is 0 Å². The van der Waals surface area contributed by atoms with E-state index in [4.69, 9.17) is 0 Å². The molecule has 4 atom stereocenters. The largest absolute Gasteiger partial charge is 0.343 e. The molecule has 198 valence electrons. The number of amides is 3. The van der Waals surface area contributed by atoms with E-state index < -0.39 is 23.4 Å². The van der Waals surface area contributed by atoms with Gasteiger partial charge in [0, 0.05) is 11.6 Å². The quantitative estimate of drug-likeness (QED) is 0.188. The molecule has 0 aliphatic carbocycles. The third-order valence-electron chi connectivity index (χ3n) is 6.44. The fourth-order valence-corrected chi connectivity index (χ4v) is 4.95. The van der Waals surface area contributed by atoms with E-state index in [2.05, 4.69) is 34.7 Å². The number of carbonyl (C=O) groups excluding carboxylic acids is 3. The third kappa shape index (κ3) is 8.71. The van der Waals surface area contributed by atoms with Crippen LogP contribution in [-0.4, -0.2) is 45.6 Å². The van der Waals surface area contributed by atoms with E-state index in [9.17, 15) is 19.6 Å². The van der Waals surface area contributed by atoms with Crippen LogP contribution in [0.5, 0.6) is 0 Å². The first-order chi connectivity index (χ1) is 17.1. The van der Waals surface area contributed by atoms with Crippen LogP contribution in [-0.2, 0) is 20.8 Å². The van der Waals surface area contributed by atoms with Gasteiger partial charge in [0.15, 0.2) is 5.13 Å². The van der Waals surface area contributed by atoms with Crippen LogP contribution in [0.15, 0.2) is 41.9 Å². The lowest BCUT2D eigenvalue weighted by Crippen LogP contribution is -2.55. The van der Waals surface area contributed by atoms with Gasteiger partial charge in [0.1, 0.15) is 6.04 Å². The molecule has 1 unspecified atom stereocenters. The van der Waals surface area contributed by atoms with Gasteiger partial charge in [-0.15, -0.1) is 11.3 Å². The molecule has 1 aromatic heterocycles. The van der Waals surface area contributed by atoms with Crippen molar-refractivity contribution in [3.63, 3.8) is 0 Å². The Balaban J connectivity index is 2.32. The molecule has 0 bridgehead atoms. The zero-order chi connectivity index (χ0) is 26.7. The van der Waals surface area contributed by atoms with Gasteiger partial charge in [0.05, 0.1) is 12.0 Å². The van der Waals surface area contributed by atoms with Gasteiger partial charge < -0.3 is 10.6 Å². The van der Waals surface area contributed by atoms with Gasteiger partial charge in [-0.05, 0) is 36.2 Å². The summed E-state index contributed by atoms with van der Waals surface area (Å²) in [6.07, 6.45) is 5.18. The maximum atomic E-state index is 13.8. The SMILES string of the molecule is CCC[C@@H]([C@@H](CC(CC)Cc1ccccc1)C(=O)N[C@H](C(=O)Nc1nccs1)C(C)(C)C)N(O)C=O. The number of nitrogens with one attached hydrogen (secondary N) is 2. The molecule has 0 fully saturated rings. The first kappa shape index (κ1) is 29.5. The molecule has 1 aromatic carbocycles. The Labute approximate surface area is 218 Å². The summed E-state index contributed by atoms with van der Waals surface area (Å²) in [6, 6.07) is 8.53. The Bertz CT molecular complexity index is 946. The predicted molar refractivity (Wildman–Crippen MR) is 143 cm³/mol. The minimum Gasteiger partial charge on any atom is -0.343 e. The topological polar surface area (TPSA) is 112 Å². The maximum absolute atomic E-state index is 13.8. The number of nitrogens with zero attached hydrogens (tertiary/aromatic N) is 2. The van der Waals surface area contributed by atoms with Crippen molar-refractivity contribution < 1.29 is 19.6 Å². The normalized spacial score (nSPS) is 14.8. The van der Waals surface area contributed by atoms with Gasteiger partial charge in [-0.25, -0.2) is 10.0 Å². The van der Waals surface area contributed by atoms with Crippen LogP contribution in [0.25, 0.3) is 0 Å². The van der Waals surface area contributed by atoms with Crippen LogP contribution in [0.2, 0.25) is 0 Å². The molecule has 2 aromatic rings. The number of carbonyl (C=O) groups is 3. The molecule has 8 nitrogen and oxygen atoms in total. The Hall–Kier alpha value is -2.78. The van der Waals surface area contributed by atoms with Crippen molar-refractivity contribution in [2.75, 3.05) is 5.32 Å². The molecule has 1 heterocycles. The predicted octanol–water partition coefficient (Wildman–Crippen LogP) is 4.90. The number of hydrogen-bond acceptors (Lipinski definition) is 6. The van der Waals surface area contributed by atoms with E-state index >= 15 is 0 Å². The van der Waals surface area contributed by atoms with Gasteiger partial charge in [-0.2, -0.15) is 0 Å². The number of hydroxylamine groups is 2. The molecular weight excluding hydrogens is 476 g/mol. The first-order valence-electron chi connectivity index (χ1n) is 12.6. The molecule has 3 amide bonds. The lowest BCUT2D eigenvalue weighted by atomic mass is 9.81. The summed E-state index contributed by atoms with van der Waals surface area (Å²) in [7, 11) is 0. The number of rotatable bonds is 14. The number of benzene rings is 1. The molecule has 0 spiro atoms. The number of anilines is 1. The van der Waals surface area contributed by atoms with Gasteiger partial charge in [-0.3, -0.25) is 19.6 Å². The zero-order valence-corrected chi connectivity index (χ0v) is 22.8. The van der Waals surface area contributed by atoms with Crippen molar-refractivity contribution in [1.82, 2.24) is 15.4 Å². The number of aromatic nitrogens is 1. The molecule has 0 saturated carbocycles. The Morgan fingerprint density at radius 3 is 2.39 bits per heavy atom. The Morgan fingerprint density at radius 2 is 1.86 bits per heavy atom. The highest BCUT2D eigenvalue weighted by Gasteiger charge is 2.39. The molecule has 0 radical (unpaired) electrons. The number of thiazole rings is 1. The van der Waals surface area contributed by atoms with Crippen LogP contribution in [0.1, 0.15) is 65.9 Å². The fraction of sp³-hybridized carbons (Fsp3) is 0.556. The van der Waals surface area contributed by atoms with Gasteiger partial charge in [0.25, 0.3) is 0 Å². The monoisotopic (exact) mass is 516 g/mol. The van der Waals surface area contributed by atoms with Crippen molar-refractivity contribution in [3.05, 3.63) is 47.5 Å². The summed E-state index contributed by atoms with van der Waals surface area (Å²) < 4.78 is 0. The molecule has 3 N–H and O–H groups in total. The van der Waals surface area contributed by atoms with Crippen molar-refractivity contribution in [3.8, 4) is 0 Å². The Morgan fingerprint density at radius 1 is 1.17 bits per heavy atom. The lowest BCUT2D eigenvalue weighted by Gasteiger charge is -2.35. The molecule has 0 saturated heterocycles. The maximum Gasteiger partial charge on any atom is 0.249 e. The van der Waals surface area contributed by atoms with Crippen LogP contribution >= 0.6 is 11.3 Å². The average Bonchev–Trinajstić information content (AvgIpc) is 3.36. The van der Waals surface area contributed by atoms with Gasteiger partial charge in [-0.1, -0.05) is 77.8 Å². The van der Waals surface area contributed by atoms with E-state index in [1.165, 1.54) is 16.9 Å². The van der Waals surface area contributed by atoms with E-state index in [0.29, 0.717) is 35.9 Å².